The Hall–Kier alpha value is 1.16. The Kier molecular flexibility index (Phi) is 4.73. The average molecular weight is 408 g/mol. The maximum atomic E-state index is 5.91. The smallest absolute Gasteiger partial charge is 0.0920 e. The zero-order chi connectivity index (χ0) is 8.11. The predicted octanol–water partition coefficient (Wildman–Crippen LogP) is 3.76. The van der Waals surface area contributed by atoms with Gasteiger partial charge in [-0.1, -0.05) is 32.9 Å². The maximum Gasteiger partial charge on any atom is 0.0920 e. The maximum absolute atomic E-state index is 5.91. The van der Waals surface area contributed by atoms with Crippen LogP contribution in [0.25, 0.3) is 0 Å². The van der Waals surface area contributed by atoms with Crippen molar-refractivity contribution in [2.75, 3.05) is 0 Å². The van der Waals surface area contributed by atoms with Crippen LogP contribution in [0.5, 0.6) is 0 Å². The van der Waals surface area contributed by atoms with Crippen molar-refractivity contribution in [3.8, 4) is 0 Å². The lowest BCUT2D eigenvalue weighted by atomic mass is 9.73. The van der Waals surface area contributed by atoms with E-state index in [1.165, 1.54) is 12.8 Å². The van der Waals surface area contributed by atoms with Crippen LogP contribution < -0.4 is 0 Å². The van der Waals surface area contributed by atoms with Crippen LogP contribution in [0.1, 0.15) is 33.6 Å². The Bertz CT molecular complexity index is 207. The van der Waals surface area contributed by atoms with Crippen LogP contribution in [-0.2, 0) is 4.74 Å². The van der Waals surface area contributed by atoms with E-state index < -0.39 is 0 Å². The lowest BCUT2D eigenvalue weighted by molar-refractivity contribution is -0.0441. The third kappa shape index (κ3) is 2.22. The van der Waals surface area contributed by atoms with Gasteiger partial charge in [0.25, 0.3) is 0 Å². The van der Waals surface area contributed by atoms with Gasteiger partial charge in [0.1, 0.15) is 0 Å². The third-order valence-corrected chi connectivity index (χ3v) is 3.01. The summed E-state index contributed by atoms with van der Waals surface area (Å²) in [6.45, 7) is 6.76. The van der Waals surface area contributed by atoms with Gasteiger partial charge >= 0.3 is 0 Å². The van der Waals surface area contributed by atoms with Gasteiger partial charge in [-0.05, 0) is 18.3 Å². The summed E-state index contributed by atoms with van der Waals surface area (Å²) in [5.41, 5.74) is 0.326. The molecular formula is C10H18I2O. The van der Waals surface area contributed by atoms with Crippen molar-refractivity contribution in [2.45, 2.75) is 45.3 Å². The minimum atomic E-state index is 0. The molecule has 0 radical (unpaired) electrons. The molecule has 0 aromatic heterocycles. The van der Waals surface area contributed by atoms with E-state index in [0.29, 0.717) is 6.10 Å². The quantitative estimate of drug-likeness (QED) is 0.439. The van der Waals surface area contributed by atoms with Crippen LogP contribution in [0.3, 0.4) is 0 Å². The predicted molar refractivity (Wildman–Crippen MR) is 76.3 cm³/mol. The lowest BCUT2D eigenvalue weighted by Crippen LogP contribution is -2.38. The molecule has 3 heteroatoms. The summed E-state index contributed by atoms with van der Waals surface area (Å²) in [6.07, 6.45) is 7.33. The standard InChI is InChI=1S/C10H16O.2HI/c1-9(2,3)10-6-4-8(11-10)5-7-10;;/h4,6,8H,5,7H2,1-3H3;2*1H. The van der Waals surface area contributed by atoms with Gasteiger partial charge < -0.3 is 4.74 Å². The molecule has 0 N–H and O–H groups in total. The van der Waals surface area contributed by atoms with Crippen molar-refractivity contribution >= 4 is 48.0 Å². The Balaban J connectivity index is 0.000000720. The molecule has 2 bridgehead atoms. The van der Waals surface area contributed by atoms with Gasteiger partial charge in [-0.3, -0.25) is 0 Å². The largest absolute Gasteiger partial charge is 0.363 e. The summed E-state index contributed by atoms with van der Waals surface area (Å²) in [5.74, 6) is 0. The van der Waals surface area contributed by atoms with Crippen LogP contribution in [0.2, 0.25) is 0 Å². The van der Waals surface area contributed by atoms with E-state index in [0.717, 1.165) is 0 Å². The fraction of sp³-hybridized carbons (Fsp3) is 0.800. The molecule has 2 atom stereocenters. The molecule has 1 nitrogen and oxygen atoms in total. The highest BCUT2D eigenvalue weighted by molar-refractivity contribution is 14.0. The van der Waals surface area contributed by atoms with E-state index in [-0.39, 0.29) is 59.0 Å². The number of rotatable bonds is 0. The number of fused-ring (bicyclic) bond motifs is 2. The molecule has 2 aliphatic rings. The normalized spacial score (nSPS) is 35.5. The van der Waals surface area contributed by atoms with Crippen molar-refractivity contribution < 1.29 is 4.74 Å². The van der Waals surface area contributed by atoms with Gasteiger partial charge in [0, 0.05) is 0 Å². The lowest BCUT2D eigenvalue weighted by Gasteiger charge is -2.36. The summed E-state index contributed by atoms with van der Waals surface area (Å²) in [4.78, 5) is 0. The molecule has 2 heterocycles. The molecule has 2 rings (SSSR count). The topological polar surface area (TPSA) is 9.23 Å². The molecule has 0 aromatic carbocycles. The summed E-state index contributed by atoms with van der Waals surface area (Å²) >= 11 is 0. The van der Waals surface area contributed by atoms with Crippen LogP contribution >= 0.6 is 48.0 Å². The SMILES string of the molecule is CC(C)(C)C12C=CC(CC1)O2.I.I. The molecule has 1 fully saturated rings. The van der Waals surface area contributed by atoms with Gasteiger partial charge in [-0.15, -0.1) is 48.0 Å². The number of hydrogen-bond acceptors (Lipinski definition) is 1. The first-order valence-corrected chi connectivity index (χ1v) is 4.41. The second-order valence-electron chi connectivity index (χ2n) is 4.69. The zero-order valence-corrected chi connectivity index (χ0v) is 13.0. The van der Waals surface area contributed by atoms with Crippen molar-refractivity contribution in [2.24, 2.45) is 5.41 Å². The first-order valence-electron chi connectivity index (χ1n) is 4.41. The van der Waals surface area contributed by atoms with Crippen LogP contribution in [0.4, 0.5) is 0 Å². The molecule has 0 aliphatic carbocycles. The molecule has 13 heavy (non-hydrogen) atoms. The van der Waals surface area contributed by atoms with E-state index >= 15 is 0 Å². The van der Waals surface area contributed by atoms with Crippen LogP contribution in [0, 0.1) is 5.41 Å². The average Bonchev–Trinajstić information content (AvgIpc) is 2.42. The second-order valence-corrected chi connectivity index (χ2v) is 4.69. The molecule has 0 aromatic rings. The van der Waals surface area contributed by atoms with Crippen LogP contribution in [-0.4, -0.2) is 11.7 Å². The van der Waals surface area contributed by atoms with E-state index in [2.05, 4.69) is 32.9 Å². The van der Waals surface area contributed by atoms with Crippen molar-refractivity contribution in [3.05, 3.63) is 12.2 Å². The Labute approximate surface area is 115 Å². The van der Waals surface area contributed by atoms with E-state index in [9.17, 15) is 0 Å². The summed E-state index contributed by atoms with van der Waals surface area (Å²) in [6, 6.07) is 0. The van der Waals surface area contributed by atoms with Gasteiger partial charge in [0.2, 0.25) is 0 Å². The Morgan fingerprint density at radius 1 is 1.31 bits per heavy atom. The highest BCUT2D eigenvalue weighted by Crippen LogP contribution is 2.48. The summed E-state index contributed by atoms with van der Waals surface area (Å²) < 4.78 is 5.91. The first kappa shape index (κ1) is 14.2. The molecule has 2 unspecified atom stereocenters. The highest BCUT2D eigenvalue weighted by Gasteiger charge is 2.49. The summed E-state index contributed by atoms with van der Waals surface area (Å²) in [7, 11) is 0. The fourth-order valence-corrected chi connectivity index (χ4v) is 2.07. The minimum Gasteiger partial charge on any atom is -0.363 e. The van der Waals surface area contributed by atoms with Gasteiger partial charge in [0.15, 0.2) is 0 Å². The van der Waals surface area contributed by atoms with Crippen molar-refractivity contribution in [3.63, 3.8) is 0 Å². The molecule has 78 valence electrons. The van der Waals surface area contributed by atoms with E-state index in [4.69, 9.17) is 4.74 Å². The Morgan fingerprint density at radius 2 is 1.92 bits per heavy atom. The molecule has 0 saturated carbocycles. The molecule has 0 amide bonds. The molecular weight excluding hydrogens is 390 g/mol. The second kappa shape index (κ2) is 4.35. The number of halogens is 2. The summed E-state index contributed by atoms with van der Waals surface area (Å²) in [5, 5.41) is 0. The number of hydrogen-bond donors (Lipinski definition) is 0. The molecule has 1 saturated heterocycles. The van der Waals surface area contributed by atoms with E-state index in [1.807, 2.05) is 0 Å². The Morgan fingerprint density at radius 3 is 2.08 bits per heavy atom. The fourth-order valence-electron chi connectivity index (χ4n) is 2.07. The number of ether oxygens (including phenoxy) is 1. The zero-order valence-electron chi connectivity index (χ0n) is 8.37. The molecule has 2 aliphatic heterocycles. The molecule has 0 spiro atoms. The van der Waals surface area contributed by atoms with Gasteiger partial charge in [0.05, 0.1) is 11.7 Å². The van der Waals surface area contributed by atoms with Crippen molar-refractivity contribution in [1.29, 1.82) is 0 Å². The first-order chi connectivity index (χ1) is 5.04. The minimum absolute atomic E-state index is 0. The highest BCUT2D eigenvalue weighted by atomic mass is 127. The third-order valence-electron chi connectivity index (χ3n) is 3.01. The monoisotopic (exact) mass is 408 g/mol. The van der Waals surface area contributed by atoms with Crippen LogP contribution in [0.15, 0.2) is 12.2 Å². The van der Waals surface area contributed by atoms with E-state index in [1.54, 1.807) is 0 Å². The van der Waals surface area contributed by atoms with Gasteiger partial charge in [-0.2, -0.15) is 0 Å². The van der Waals surface area contributed by atoms with Crippen molar-refractivity contribution in [1.82, 2.24) is 0 Å². The van der Waals surface area contributed by atoms with Gasteiger partial charge in [-0.25, -0.2) is 0 Å².